The average molecular weight is 396 g/mol. The van der Waals surface area contributed by atoms with E-state index in [2.05, 4.69) is 10.2 Å². The number of para-hydroxylation sites is 1. The monoisotopic (exact) mass is 395 g/mol. The summed E-state index contributed by atoms with van der Waals surface area (Å²) in [5.41, 5.74) is 1.04. The number of nitrogens with zero attached hydrogens (tertiary/aromatic N) is 3. The number of aromatic nitrogens is 1. The molecular formula is C17H12Cl2FN3OS. The molecule has 0 radical (unpaired) electrons. The van der Waals surface area contributed by atoms with Crippen molar-refractivity contribution in [2.24, 2.45) is 10.2 Å². The normalized spacial score (nSPS) is 15.2. The van der Waals surface area contributed by atoms with Crippen LogP contribution in [0.2, 0.25) is 10.0 Å². The van der Waals surface area contributed by atoms with Crippen LogP contribution in [0.15, 0.2) is 46.6 Å². The summed E-state index contributed by atoms with van der Waals surface area (Å²) in [7, 11) is 0. The average Bonchev–Trinajstić information content (AvgIpc) is 2.77. The van der Waals surface area contributed by atoms with Gasteiger partial charge in [0, 0.05) is 26.9 Å². The van der Waals surface area contributed by atoms with E-state index in [4.69, 9.17) is 23.2 Å². The number of thioether (sulfide) groups is 1. The first-order valence-electron chi connectivity index (χ1n) is 7.51. The van der Waals surface area contributed by atoms with Gasteiger partial charge in [-0.1, -0.05) is 35.3 Å². The number of azo groups is 1. The summed E-state index contributed by atoms with van der Waals surface area (Å²) in [5.74, 6) is 1.18. The number of benzene rings is 2. The summed E-state index contributed by atoms with van der Waals surface area (Å²) < 4.78 is 16.0. The van der Waals surface area contributed by atoms with E-state index in [9.17, 15) is 9.50 Å². The number of hydrogen-bond donors (Lipinski definition) is 1. The maximum Gasteiger partial charge on any atom is 0.221 e. The van der Waals surface area contributed by atoms with E-state index in [0.29, 0.717) is 26.6 Å². The molecule has 2 aromatic carbocycles. The van der Waals surface area contributed by atoms with Gasteiger partial charge >= 0.3 is 0 Å². The van der Waals surface area contributed by atoms with E-state index < -0.39 is 5.82 Å². The minimum atomic E-state index is -0.392. The Hall–Kier alpha value is -1.76. The van der Waals surface area contributed by atoms with E-state index in [1.54, 1.807) is 46.7 Å². The van der Waals surface area contributed by atoms with Crippen molar-refractivity contribution in [1.29, 1.82) is 0 Å². The summed E-state index contributed by atoms with van der Waals surface area (Å²) in [6, 6.07) is 9.55. The molecule has 1 fully saturated rings. The first-order chi connectivity index (χ1) is 12.0. The summed E-state index contributed by atoms with van der Waals surface area (Å²) in [5, 5.41) is 20.3. The Morgan fingerprint density at radius 2 is 1.84 bits per heavy atom. The van der Waals surface area contributed by atoms with Crippen molar-refractivity contribution in [1.82, 2.24) is 4.57 Å². The van der Waals surface area contributed by atoms with Crippen LogP contribution in [0.25, 0.3) is 10.9 Å². The smallest absolute Gasteiger partial charge is 0.221 e. The van der Waals surface area contributed by atoms with Gasteiger partial charge in [0.1, 0.15) is 5.82 Å². The molecule has 1 saturated heterocycles. The van der Waals surface area contributed by atoms with E-state index in [1.165, 1.54) is 6.07 Å². The fraction of sp³-hybridized carbons (Fsp3) is 0.176. The van der Waals surface area contributed by atoms with Crippen LogP contribution >= 0.6 is 35.0 Å². The molecule has 1 aromatic heterocycles. The number of aromatic hydroxyl groups is 1. The molecule has 0 saturated carbocycles. The Labute approximate surface area is 157 Å². The van der Waals surface area contributed by atoms with Crippen molar-refractivity contribution in [3.63, 3.8) is 0 Å². The topological polar surface area (TPSA) is 49.9 Å². The van der Waals surface area contributed by atoms with Crippen LogP contribution in [0, 0.1) is 5.82 Å². The molecule has 1 aliphatic heterocycles. The third kappa shape index (κ3) is 2.99. The van der Waals surface area contributed by atoms with Gasteiger partial charge in [-0.05, 0) is 24.3 Å². The lowest BCUT2D eigenvalue weighted by molar-refractivity contribution is 0.404. The zero-order chi connectivity index (χ0) is 17.6. The molecular weight excluding hydrogens is 384 g/mol. The van der Waals surface area contributed by atoms with Crippen LogP contribution in [-0.4, -0.2) is 21.2 Å². The van der Waals surface area contributed by atoms with Crippen LogP contribution in [0.3, 0.4) is 0 Å². The molecule has 0 atom stereocenters. The second kappa shape index (κ2) is 6.52. The Morgan fingerprint density at radius 3 is 2.48 bits per heavy atom. The second-order valence-corrected chi connectivity index (χ2v) is 7.64. The van der Waals surface area contributed by atoms with E-state index in [0.717, 1.165) is 11.5 Å². The van der Waals surface area contributed by atoms with Crippen molar-refractivity contribution in [3.05, 3.63) is 52.3 Å². The van der Waals surface area contributed by atoms with Gasteiger partial charge in [-0.15, -0.1) is 5.11 Å². The minimum absolute atomic E-state index is 0.0500. The Bertz CT molecular complexity index is 981. The number of rotatable bonds is 3. The highest BCUT2D eigenvalue weighted by Gasteiger charge is 2.29. The van der Waals surface area contributed by atoms with Gasteiger partial charge in [0.15, 0.2) is 5.69 Å². The van der Waals surface area contributed by atoms with Crippen molar-refractivity contribution in [3.8, 4) is 5.88 Å². The Morgan fingerprint density at radius 1 is 1.12 bits per heavy atom. The number of halogens is 3. The minimum Gasteiger partial charge on any atom is -0.493 e. The van der Waals surface area contributed by atoms with Crippen molar-refractivity contribution in [2.45, 2.75) is 6.04 Å². The van der Waals surface area contributed by atoms with Crippen LogP contribution < -0.4 is 0 Å². The third-order valence-corrected chi connectivity index (χ3v) is 5.70. The number of fused-ring (bicyclic) bond motifs is 1. The zero-order valence-electron chi connectivity index (χ0n) is 12.8. The molecule has 0 unspecified atom stereocenters. The largest absolute Gasteiger partial charge is 0.493 e. The predicted octanol–water partition coefficient (Wildman–Crippen LogP) is 6.50. The highest BCUT2D eigenvalue weighted by molar-refractivity contribution is 8.00. The summed E-state index contributed by atoms with van der Waals surface area (Å²) in [4.78, 5) is 0. The quantitative estimate of drug-likeness (QED) is 0.514. The molecule has 0 aliphatic carbocycles. The molecule has 4 rings (SSSR count). The van der Waals surface area contributed by atoms with Gasteiger partial charge in [-0.3, -0.25) is 0 Å². The Kier molecular flexibility index (Phi) is 4.35. The standard InChI is InChI=1S/C17H12Cl2FN3OS/c18-9-4-10(19)6-11(5-9)21-22-15-13-2-1-3-14(20)16(13)23(17(15)24)12-7-25-8-12/h1-6,12,24H,7-8H2. The summed E-state index contributed by atoms with van der Waals surface area (Å²) in [6.07, 6.45) is 0. The second-order valence-electron chi connectivity index (χ2n) is 5.70. The van der Waals surface area contributed by atoms with Crippen molar-refractivity contribution < 1.29 is 9.50 Å². The zero-order valence-corrected chi connectivity index (χ0v) is 15.1. The first-order valence-corrected chi connectivity index (χ1v) is 9.42. The van der Waals surface area contributed by atoms with E-state index >= 15 is 0 Å². The van der Waals surface area contributed by atoms with Gasteiger partial charge in [0.05, 0.1) is 17.2 Å². The molecule has 3 aromatic rings. The lowest BCUT2D eigenvalue weighted by atomic mass is 10.2. The highest BCUT2D eigenvalue weighted by atomic mass is 35.5. The van der Waals surface area contributed by atoms with Gasteiger partial charge < -0.3 is 9.67 Å². The highest BCUT2D eigenvalue weighted by Crippen LogP contribution is 2.45. The summed E-state index contributed by atoms with van der Waals surface area (Å²) >= 11 is 13.7. The van der Waals surface area contributed by atoms with Crippen LogP contribution in [0.4, 0.5) is 15.8 Å². The molecule has 2 heterocycles. The fourth-order valence-corrected chi connectivity index (χ4v) is 4.08. The first kappa shape index (κ1) is 16.7. The Balaban J connectivity index is 1.85. The van der Waals surface area contributed by atoms with E-state index in [1.807, 2.05) is 0 Å². The third-order valence-electron chi connectivity index (χ3n) is 4.02. The van der Waals surface area contributed by atoms with Gasteiger partial charge in [-0.25, -0.2) is 4.39 Å². The molecule has 0 bridgehead atoms. The van der Waals surface area contributed by atoms with Crippen LogP contribution in [0.5, 0.6) is 5.88 Å². The van der Waals surface area contributed by atoms with Crippen molar-refractivity contribution >= 4 is 57.2 Å². The van der Waals surface area contributed by atoms with E-state index in [-0.39, 0.29) is 17.6 Å². The molecule has 4 nitrogen and oxygen atoms in total. The molecule has 0 amide bonds. The SMILES string of the molecule is Oc1c(N=Nc2cc(Cl)cc(Cl)c2)c2cccc(F)c2n1C1CSC1. The summed E-state index contributed by atoms with van der Waals surface area (Å²) in [6.45, 7) is 0. The van der Waals surface area contributed by atoms with Crippen molar-refractivity contribution in [2.75, 3.05) is 11.5 Å². The maximum absolute atomic E-state index is 14.4. The van der Waals surface area contributed by atoms with Crippen LogP contribution in [0.1, 0.15) is 6.04 Å². The van der Waals surface area contributed by atoms with Gasteiger partial charge in [0.2, 0.25) is 5.88 Å². The maximum atomic E-state index is 14.4. The molecule has 1 aliphatic rings. The molecule has 128 valence electrons. The lowest BCUT2D eigenvalue weighted by Crippen LogP contribution is -2.22. The van der Waals surface area contributed by atoms with Crippen LogP contribution in [-0.2, 0) is 0 Å². The molecule has 1 N–H and O–H groups in total. The number of hydrogen-bond acceptors (Lipinski definition) is 4. The predicted molar refractivity (Wildman–Crippen MR) is 101 cm³/mol. The molecule has 8 heteroatoms. The fourth-order valence-electron chi connectivity index (χ4n) is 2.82. The molecule has 0 spiro atoms. The van der Waals surface area contributed by atoms with Gasteiger partial charge in [-0.2, -0.15) is 16.9 Å². The van der Waals surface area contributed by atoms with Gasteiger partial charge in [0.25, 0.3) is 0 Å². The molecule has 25 heavy (non-hydrogen) atoms. The lowest BCUT2D eigenvalue weighted by Gasteiger charge is -2.27.